The molecule has 2 aliphatic rings. The Bertz CT molecular complexity index is 501. The van der Waals surface area contributed by atoms with E-state index in [2.05, 4.69) is 17.1 Å². The van der Waals surface area contributed by atoms with Crippen LogP contribution in [0.3, 0.4) is 0 Å². The zero-order chi connectivity index (χ0) is 16.6. The highest BCUT2D eigenvalue weighted by Crippen LogP contribution is 2.20. The van der Waals surface area contributed by atoms with Crippen LogP contribution in [0.4, 0.5) is 0 Å². The number of hydrogen-bond acceptors (Lipinski definition) is 3. The SMILES string of the molecule is CCOCC1CCN(C(=NCCc2ccco2)NC2CCCC2)C1.I. The number of hydrogen-bond donors (Lipinski definition) is 1. The van der Waals surface area contributed by atoms with E-state index in [1.807, 2.05) is 12.1 Å². The fourth-order valence-corrected chi connectivity index (χ4v) is 3.66. The van der Waals surface area contributed by atoms with Crippen molar-refractivity contribution >= 4 is 29.9 Å². The molecule has 2 fully saturated rings. The van der Waals surface area contributed by atoms with Gasteiger partial charge in [0, 0.05) is 44.6 Å². The van der Waals surface area contributed by atoms with Gasteiger partial charge in [-0.05, 0) is 38.3 Å². The van der Waals surface area contributed by atoms with Gasteiger partial charge in [0.1, 0.15) is 5.76 Å². The Morgan fingerprint density at radius 2 is 2.20 bits per heavy atom. The summed E-state index contributed by atoms with van der Waals surface area (Å²) in [6, 6.07) is 4.56. The average molecular weight is 461 g/mol. The normalized spacial score (nSPS) is 21.6. The fourth-order valence-electron chi connectivity index (χ4n) is 3.66. The summed E-state index contributed by atoms with van der Waals surface area (Å²) in [6.07, 6.45) is 9.01. The summed E-state index contributed by atoms with van der Waals surface area (Å²) in [5, 5.41) is 3.72. The second-order valence-electron chi connectivity index (χ2n) is 6.92. The first-order chi connectivity index (χ1) is 11.8. The maximum Gasteiger partial charge on any atom is 0.194 e. The lowest BCUT2D eigenvalue weighted by Crippen LogP contribution is -2.44. The summed E-state index contributed by atoms with van der Waals surface area (Å²) in [5.74, 6) is 2.73. The second-order valence-corrected chi connectivity index (χ2v) is 6.92. The van der Waals surface area contributed by atoms with Gasteiger partial charge in [0.05, 0.1) is 12.9 Å². The molecule has 2 heterocycles. The molecule has 5 nitrogen and oxygen atoms in total. The number of rotatable bonds is 7. The number of furan rings is 1. The lowest BCUT2D eigenvalue weighted by atomic mass is 10.1. The van der Waals surface area contributed by atoms with Gasteiger partial charge < -0.3 is 19.4 Å². The van der Waals surface area contributed by atoms with Gasteiger partial charge in [0.2, 0.25) is 0 Å². The first-order valence-electron chi connectivity index (χ1n) is 9.51. The van der Waals surface area contributed by atoms with Crippen molar-refractivity contribution in [2.24, 2.45) is 10.9 Å². The van der Waals surface area contributed by atoms with Crippen LogP contribution in [-0.4, -0.2) is 49.7 Å². The average Bonchev–Trinajstić information content (AvgIpc) is 3.34. The molecule has 1 atom stereocenters. The van der Waals surface area contributed by atoms with Gasteiger partial charge in [-0.25, -0.2) is 0 Å². The molecule has 0 aromatic carbocycles. The third kappa shape index (κ3) is 6.47. The van der Waals surface area contributed by atoms with Crippen LogP contribution in [0.5, 0.6) is 0 Å². The summed E-state index contributed by atoms with van der Waals surface area (Å²) in [4.78, 5) is 7.31. The number of nitrogens with one attached hydrogen (secondary N) is 1. The van der Waals surface area contributed by atoms with Crippen molar-refractivity contribution < 1.29 is 9.15 Å². The number of aliphatic imine (C=N–C) groups is 1. The van der Waals surface area contributed by atoms with E-state index in [4.69, 9.17) is 14.1 Å². The maximum atomic E-state index is 5.61. The van der Waals surface area contributed by atoms with Crippen molar-refractivity contribution in [1.82, 2.24) is 10.2 Å². The van der Waals surface area contributed by atoms with Crippen LogP contribution >= 0.6 is 24.0 Å². The fraction of sp³-hybridized carbons (Fsp3) is 0.737. The minimum atomic E-state index is 0. The van der Waals surface area contributed by atoms with Crippen molar-refractivity contribution in [1.29, 1.82) is 0 Å². The van der Waals surface area contributed by atoms with Crippen molar-refractivity contribution in [3.05, 3.63) is 24.2 Å². The van der Waals surface area contributed by atoms with Crippen LogP contribution in [-0.2, 0) is 11.2 Å². The summed E-state index contributed by atoms with van der Waals surface area (Å²) in [5.41, 5.74) is 0. The van der Waals surface area contributed by atoms with Crippen molar-refractivity contribution in [2.75, 3.05) is 32.8 Å². The minimum absolute atomic E-state index is 0. The van der Waals surface area contributed by atoms with Gasteiger partial charge >= 0.3 is 0 Å². The third-order valence-corrected chi connectivity index (χ3v) is 5.03. The topological polar surface area (TPSA) is 50.0 Å². The van der Waals surface area contributed by atoms with Gasteiger partial charge in [-0.2, -0.15) is 0 Å². The predicted octanol–water partition coefficient (Wildman–Crippen LogP) is 3.69. The van der Waals surface area contributed by atoms with Gasteiger partial charge in [0.25, 0.3) is 0 Å². The predicted molar refractivity (Wildman–Crippen MR) is 112 cm³/mol. The standard InChI is InChI=1S/C19H31N3O2.HI/c1-2-23-15-16-10-12-22(14-16)19(21-17-6-3-4-7-17)20-11-9-18-8-5-13-24-18;/h5,8,13,16-17H,2-4,6-7,9-12,14-15H2,1H3,(H,20,21);1H. The molecule has 1 N–H and O–H groups in total. The molecule has 1 unspecified atom stereocenters. The molecule has 142 valence electrons. The maximum absolute atomic E-state index is 5.61. The number of ether oxygens (including phenoxy) is 1. The van der Waals surface area contributed by atoms with Crippen molar-refractivity contribution in [2.45, 2.75) is 51.5 Å². The zero-order valence-corrected chi connectivity index (χ0v) is 17.6. The Hall–Kier alpha value is -0.760. The summed E-state index contributed by atoms with van der Waals surface area (Å²) >= 11 is 0. The molecule has 1 aliphatic carbocycles. The van der Waals surface area contributed by atoms with Crippen LogP contribution in [0.15, 0.2) is 27.8 Å². The van der Waals surface area contributed by atoms with Gasteiger partial charge in [-0.1, -0.05) is 12.8 Å². The Labute approximate surface area is 168 Å². The van der Waals surface area contributed by atoms with E-state index in [1.165, 1.54) is 32.1 Å². The van der Waals surface area contributed by atoms with E-state index in [0.29, 0.717) is 12.0 Å². The van der Waals surface area contributed by atoms with E-state index in [-0.39, 0.29) is 24.0 Å². The van der Waals surface area contributed by atoms with Gasteiger partial charge in [-0.3, -0.25) is 4.99 Å². The first kappa shape index (κ1) is 20.6. The zero-order valence-electron chi connectivity index (χ0n) is 15.3. The number of halogens is 1. The highest BCUT2D eigenvalue weighted by Gasteiger charge is 2.27. The molecule has 3 rings (SSSR count). The van der Waals surface area contributed by atoms with Crippen LogP contribution in [0, 0.1) is 5.92 Å². The molecule has 1 aromatic heterocycles. The highest BCUT2D eigenvalue weighted by molar-refractivity contribution is 14.0. The second kappa shape index (κ2) is 11.1. The van der Waals surface area contributed by atoms with Crippen LogP contribution in [0.1, 0.15) is 44.8 Å². The molecule has 1 saturated heterocycles. The molecule has 25 heavy (non-hydrogen) atoms. The largest absolute Gasteiger partial charge is 0.469 e. The van der Waals surface area contributed by atoms with Crippen molar-refractivity contribution in [3.8, 4) is 0 Å². The molecular weight excluding hydrogens is 429 g/mol. The quantitative estimate of drug-likeness (QED) is 0.383. The van der Waals surface area contributed by atoms with Crippen LogP contribution in [0.25, 0.3) is 0 Å². The Morgan fingerprint density at radius 1 is 1.36 bits per heavy atom. The Morgan fingerprint density at radius 3 is 2.92 bits per heavy atom. The molecule has 6 heteroatoms. The Balaban J connectivity index is 0.00000225. The lowest BCUT2D eigenvalue weighted by Gasteiger charge is -2.25. The van der Waals surface area contributed by atoms with Crippen molar-refractivity contribution in [3.63, 3.8) is 0 Å². The minimum Gasteiger partial charge on any atom is -0.469 e. The molecule has 1 saturated carbocycles. The van der Waals surface area contributed by atoms with Crippen LogP contribution < -0.4 is 5.32 Å². The molecule has 0 spiro atoms. The summed E-state index contributed by atoms with van der Waals surface area (Å²) in [6.45, 7) is 6.65. The number of guanidine groups is 1. The van der Waals surface area contributed by atoms with E-state index in [1.54, 1.807) is 6.26 Å². The van der Waals surface area contributed by atoms with Crippen LogP contribution in [0.2, 0.25) is 0 Å². The summed E-state index contributed by atoms with van der Waals surface area (Å²) < 4.78 is 11.0. The van der Waals surface area contributed by atoms with E-state index in [9.17, 15) is 0 Å². The number of nitrogens with zero attached hydrogens (tertiary/aromatic N) is 2. The monoisotopic (exact) mass is 461 g/mol. The highest BCUT2D eigenvalue weighted by atomic mass is 127. The molecule has 0 radical (unpaired) electrons. The van der Waals surface area contributed by atoms with E-state index < -0.39 is 0 Å². The molecule has 1 aromatic rings. The molecule has 0 amide bonds. The van der Waals surface area contributed by atoms with Gasteiger partial charge in [0.15, 0.2) is 5.96 Å². The van der Waals surface area contributed by atoms with E-state index >= 15 is 0 Å². The van der Waals surface area contributed by atoms with Gasteiger partial charge in [-0.15, -0.1) is 24.0 Å². The molecular formula is C19H32IN3O2. The number of likely N-dealkylation sites (tertiary alicyclic amines) is 1. The third-order valence-electron chi connectivity index (χ3n) is 5.03. The lowest BCUT2D eigenvalue weighted by molar-refractivity contribution is 0.114. The molecule has 1 aliphatic heterocycles. The smallest absolute Gasteiger partial charge is 0.194 e. The van der Waals surface area contributed by atoms with E-state index in [0.717, 1.165) is 51.0 Å². The first-order valence-corrected chi connectivity index (χ1v) is 9.51. The molecule has 0 bridgehead atoms. The summed E-state index contributed by atoms with van der Waals surface area (Å²) in [7, 11) is 0. The Kier molecular flexibility index (Phi) is 9.09.